The molecule has 1 aromatic rings. The maximum absolute atomic E-state index is 12.3. The van der Waals surface area contributed by atoms with Gasteiger partial charge in [-0.05, 0) is 14.0 Å². The van der Waals surface area contributed by atoms with E-state index in [0.717, 1.165) is 50.8 Å². The molecule has 3 heterocycles. The Morgan fingerprint density at radius 2 is 1.91 bits per heavy atom. The van der Waals surface area contributed by atoms with Gasteiger partial charge in [-0.2, -0.15) is 0 Å². The number of urea groups is 1. The van der Waals surface area contributed by atoms with E-state index in [9.17, 15) is 9.59 Å². The number of rotatable bonds is 3. The van der Waals surface area contributed by atoms with E-state index in [0.29, 0.717) is 5.56 Å². The minimum Gasteiger partial charge on any atom is -0.355 e. The Hall–Kier alpha value is -2.02. The Morgan fingerprint density at radius 1 is 1.23 bits per heavy atom. The smallest absolute Gasteiger partial charge is 0.317 e. The molecule has 7 nitrogen and oxygen atoms in total. The van der Waals surface area contributed by atoms with Crippen LogP contribution in [0.5, 0.6) is 0 Å². The summed E-state index contributed by atoms with van der Waals surface area (Å²) in [5.74, 6) is 0.851. The summed E-state index contributed by atoms with van der Waals surface area (Å²) in [6.07, 6.45) is 0. The second-order valence-corrected chi connectivity index (χ2v) is 6.08. The summed E-state index contributed by atoms with van der Waals surface area (Å²) < 4.78 is 0. The molecule has 1 aromatic heterocycles. The standard InChI is InChI=1S/C15H23N5O2/c1-11-9-13(21)12(10-16-15(22)20-7-8-20)14(17-11)19-5-3-18(2)4-6-19/h9H,3-8,10H2,1-2H3,(H,16,22)(H,17,21). The number of carbonyl (C=O) groups excluding carboxylic acids is 1. The molecule has 2 aliphatic heterocycles. The van der Waals surface area contributed by atoms with Gasteiger partial charge in [0, 0.05) is 51.0 Å². The summed E-state index contributed by atoms with van der Waals surface area (Å²) in [7, 11) is 2.10. The van der Waals surface area contributed by atoms with Crippen molar-refractivity contribution < 1.29 is 4.79 Å². The predicted molar refractivity (Wildman–Crippen MR) is 85.3 cm³/mol. The fraction of sp³-hybridized carbons (Fsp3) is 0.600. The zero-order chi connectivity index (χ0) is 15.7. The highest BCUT2D eigenvalue weighted by molar-refractivity contribution is 5.76. The minimum absolute atomic E-state index is 0.0173. The number of hydrogen-bond donors (Lipinski definition) is 2. The average molecular weight is 305 g/mol. The van der Waals surface area contributed by atoms with Gasteiger partial charge in [0.05, 0.1) is 12.1 Å². The number of H-pyrrole nitrogens is 1. The number of pyridine rings is 1. The molecule has 0 aromatic carbocycles. The van der Waals surface area contributed by atoms with Gasteiger partial charge in [0.1, 0.15) is 5.82 Å². The number of anilines is 1. The van der Waals surface area contributed by atoms with Crippen LogP contribution in [0.2, 0.25) is 0 Å². The third kappa shape index (κ3) is 3.24. The van der Waals surface area contributed by atoms with Gasteiger partial charge < -0.3 is 25.0 Å². The largest absolute Gasteiger partial charge is 0.355 e. The molecule has 22 heavy (non-hydrogen) atoms. The van der Waals surface area contributed by atoms with Gasteiger partial charge in [-0.25, -0.2) is 4.79 Å². The quantitative estimate of drug-likeness (QED) is 0.769. The van der Waals surface area contributed by atoms with Crippen LogP contribution < -0.4 is 15.6 Å². The first-order valence-electron chi connectivity index (χ1n) is 7.73. The van der Waals surface area contributed by atoms with Crippen molar-refractivity contribution in [3.63, 3.8) is 0 Å². The second kappa shape index (κ2) is 6.00. The number of nitrogens with zero attached hydrogens (tertiary/aromatic N) is 3. The molecular formula is C15H23N5O2. The Labute approximate surface area is 129 Å². The molecule has 2 fully saturated rings. The van der Waals surface area contributed by atoms with Crippen LogP contribution in [0.15, 0.2) is 10.9 Å². The second-order valence-electron chi connectivity index (χ2n) is 6.08. The van der Waals surface area contributed by atoms with Crippen LogP contribution >= 0.6 is 0 Å². The van der Waals surface area contributed by atoms with E-state index in [1.165, 1.54) is 0 Å². The fourth-order valence-electron chi connectivity index (χ4n) is 2.70. The van der Waals surface area contributed by atoms with E-state index < -0.39 is 0 Å². The highest BCUT2D eigenvalue weighted by atomic mass is 16.2. The summed E-state index contributed by atoms with van der Waals surface area (Å²) >= 11 is 0. The van der Waals surface area contributed by atoms with Crippen molar-refractivity contribution >= 4 is 11.8 Å². The molecule has 2 saturated heterocycles. The molecule has 0 radical (unpaired) electrons. The molecule has 120 valence electrons. The average Bonchev–Trinajstić information content (AvgIpc) is 3.31. The number of nitrogens with one attached hydrogen (secondary N) is 2. The molecule has 0 atom stereocenters. The van der Waals surface area contributed by atoms with Gasteiger partial charge in [0.25, 0.3) is 0 Å². The fourth-order valence-corrected chi connectivity index (χ4v) is 2.70. The van der Waals surface area contributed by atoms with E-state index in [1.54, 1.807) is 11.0 Å². The first-order chi connectivity index (χ1) is 10.5. The third-order valence-electron chi connectivity index (χ3n) is 4.22. The lowest BCUT2D eigenvalue weighted by Crippen LogP contribution is -2.46. The van der Waals surface area contributed by atoms with Crippen molar-refractivity contribution in [3.8, 4) is 0 Å². The van der Waals surface area contributed by atoms with Crippen LogP contribution in [0.3, 0.4) is 0 Å². The van der Waals surface area contributed by atoms with Gasteiger partial charge in [0.15, 0.2) is 5.43 Å². The van der Waals surface area contributed by atoms with E-state index >= 15 is 0 Å². The van der Waals surface area contributed by atoms with Crippen molar-refractivity contribution in [2.24, 2.45) is 0 Å². The van der Waals surface area contributed by atoms with E-state index in [1.807, 2.05) is 6.92 Å². The number of aromatic amines is 1. The van der Waals surface area contributed by atoms with E-state index in [2.05, 4.69) is 27.1 Å². The molecule has 0 spiro atoms. The van der Waals surface area contributed by atoms with Crippen molar-refractivity contribution in [1.29, 1.82) is 0 Å². The minimum atomic E-state index is -0.0932. The first-order valence-corrected chi connectivity index (χ1v) is 7.73. The van der Waals surface area contributed by atoms with Crippen molar-refractivity contribution in [2.75, 3.05) is 51.2 Å². The number of carbonyl (C=O) groups is 1. The third-order valence-corrected chi connectivity index (χ3v) is 4.22. The summed E-state index contributed by atoms with van der Waals surface area (Å²) in [5, 5.41) is 2.84. The number of aromatic nitrogens is 1. The summed E-state index contributed by atoms with van der Waals surface area (Å²) in [6, 6.07) is 1.50. The van der Waals surface area contributed by atoms with Crippen LogP contribution in [0.4, 0.5) is 10.6 Å². The summed E-state index contributed by atoms with van der Waals surface area (Å²) in [4.78, 5) is 33.6. The van der Waals surface area contributed by atoms with Gasteiger partial charge in [0.2, 0.25) is 0 Å². The number of aryl methyl sites for hydroxylation is 1. The molecule has 3 rings (SSSR count). The van der Waals surface area contributed by atoms with Crippen LogP contribution in [0.1, 0.15) is 11.3 Å². The van der Waals surface area contributed by atoms with Gasteiger partial charge in [-0.3, -0.25) is 4.79 Å². The lowest BCUT2D eigenvalue weighted by molar-refractivity contribution is 0.229. The van der Waals surface area contributed by atoms with Crippen molar-refractivity contribution in [3.05, 3.63) is 27.5 Å². The lowest BCUT2D eigenvalue weighted by Gasteiger charge is -2.34. The molecule has 2 N–H and O–H groups in total. The SMILES string of the molecule is Cc1cc(=O)c(CNC(=O)N2CC2)c(N2CCN(C)CC2)[nH]1. The molecule has 0 bridgehead atoms. The maximum atomic E-state index is 12.3. The molecule has 0 aliphatic carbocycles. The van der Waals surface area contributed by atoms with Crippen molar-refractivity contribution in [1.82, 2.24) is 20.1 Å². The Morgan fingerprint density at radius 3 is 2.55 bits per heavy atom. The number of amides is 2. The molecule has 2 aliphatic rings. The molecule has 0 saturated carbocycles. The number of piperazine rings is 1. The summed E-state index contributed by atoms with van der Waals surface area (Å²) in [6.45, 7) is 7.46. The van der Waals surface area contributed by atoms with Gasteiger partial charge in [-0.1, -0.05) is 0 Å². The normalized spacial score (nSPS) is 18.5. The first kappa shape index (κ1) is 14.9. The van der Waals surface area contributed by atoms with E-state index in [-0.39, 0.29) is 18.0 Å². The highest BCUT2D eigenvalue weighted by Crippen LogP contribution is 2.17. The zero-order valence-corrected chi connectivity index (χ0v) is 13.2. The molecular weight excluding hydrogens is 282 g/mol. The molecule has 0 unspecified atom stereocenters. The molecule has 2 amide bonds. The van der Waals surface area contributed by atoms with Crippen LogP contribution in [0, 0.1) is 6.92 Å². The van der Waals surface area contributed by atoms with Crippen molar-refractivity contribution in [2.45, 2.75) is 13.5 Å². The van der Waals surface area contributed by atoms with Gasteiger partial charge >= 0.3 is 6.03 Å². The topological polar surface area (TPSA) is 71.5 Å². The zero-order valence-electron chi connectivity index (χ0n) is 13.2. The Kier molecular flexibility index (Phi) is 4.06. The predicted octanol–water partition coefficient (Wildman–Crippen LogP) is -0.0397. The van der Waals surface area contributed by atoms with Crippen LogP contribution in [0.25, 0.3) is 0 Å². The maximum Gasteiger partial charge on any atom is 0.317 e. The lowest BCUT2D eigenvalue weighted by atomic mass is 10.2. The van der Waals surface area contributed by atoms with Crippen LogP contribution in [-0.4, -0.2) is 67.1 Å². The monoisotopic (exact) mass is 305 g/mol. The Balaban J connectivity index is 1.80. The summed E-state index contributed by atoms with van der Waals surface area (Å²) in [5.41, 5.74) is 1.47. The number of hydrogen-bond acceptors (Lipinski definition) is 4. The Bertz CT molecular complexity index is 615. The van der Waals surface area contributed by atoms with Crippen LogP contribution in [-0.2, 0) is 6.54 Å². The number of likely N-dealkylation sites (N-methyl/N-ethyl adjacent to an activating group) is 1. The molecule has 7 heteroatoms. The van der Waals surface area contributed by atoms with Gasteiger partial charge in [-0.15, -0.1) is 0 Å². The van der Waals surface area contributed by atoms with E-state index in [4.69, 9.17) is 0 Å². The highest BCUT2D eigenvalue weighted by Gasteiger charge is 2.25.